The van der Waals surface area contributed by atoms with Gasteiger partial charge in [-0.2, -0.15) is 5.26 Å². The van der Waals surface area contributed by atoms with Crippen LogP contribution in [0.4, 0.5) is 14.5 Å². The highest BCUT2D eigenvalue weighted by molar-refractivity contribution is 6.32. The zero-order valence-corrected chi connectivity index (χ0v) is 14.5. The summed E-state index contributed by atoms with van der Waals surface area (Å²) in [4.78, 5) is 12.2. The number of hydrogen-bond acceptors (Lipinski definition) is 4. The first-order chi connectivity index (χ1) is 12.4. The van der Waals surface area contributed by atoms with Crippen LogP contribution < -0.4 is 14.8 Å². The van der Waals surface area contributed by atoms with Crippen molar-refractivity contribution in [1.82, 2.24) is 0 Å². The van der Waals surface area contributed by atoms with Crippen molar-refractivity contribution in [3.05, 3.63) is 58.1 Å². The second-order valence-corrected chi connectivity index (χ2v) is 5.39. The lowest BCUT2D eigenvalue weighted by Gasteiger charge is -2.10. The first-order valence-electron chi connectivity index (χ1n) is 7.19. The summed E-state index contributed by atoms with van der Waals surface area (Å²) in [6.45, 7) is 0. The molecular weight excluding hydrogens is 366 g/mol. The summed E-state index contributed by atoms with van der Waals surface area (Å²) in [5, 5.41) is 11.7. The molecule has 0 fully saturated rings. The summed E-state index contributed by atoms with van der Waals surface area (Å²) in [6, 6.07) is 7.40. The largest absolute Gasteiger partial charge is 0.493 e. The van der Waals surface area contributed by atoms with Crippen molar-refractivity contribution in [2.75, 3.05) is 19.5 Å². The van der Waals surface area contributed by atoms with Gasteiger partial charge in [-0.1, -0.05) is 11.6 Å². The predicted molar refractivity (Wildman–Crippen MR) is 93.1 cm³/mol. The number of hydrogen-bond donors (Lipinski definition) is 1. The number of amides is 1. The quantitative estimate of drug-likeness (QED) is 0.625. The number of halogens is 3. The molecule has 0 unspecified atom stereocenters. The highest BCUT2D eigenvalue weighted by Gasteiger charge is 2.15. The Balaban J connectivity index is 2.34. The standard InChI is InChI=1S/C18H13ClF2N2O3/c1-25-16-7-10(6-13(19)17(16)26-2)5-11(9-22)18(24)23-15-4-3-12(20)8-14(15)21/h3-8H,1-2H3,(H,23,24)/b11-5+. The van der Waals surface area contributed by atoms with Crippen molar-refractivity contribution in [3.63, 3.8) is 0 Å². The molecule has 0 saturated carbocycles. The van der Waals surface area contributed by atoms with Crippen molar-refractivity contribution in [2.24, 2.45) is 0 Å². The monoisotopic (exact) mass is 378 g/mol. The van der Waals surface area contributed by atoms with Gasteiger partial charge < -0.3 is 14.8 Å². The number of nitrogens with zero attached hydrogens (tertiary/aromatic N) is 1. The fourth-order valence-corrected chi connectivity index (χ4v) is 2.41. The van der Waals surface area contributed by atoms with Crippen molar-refractivity contribution in [1.29, 1.82) is 5.26 Å². The number of ether oxygens (including phenoxy) is 2. The van der Waals surface area contributed by atoms with Crippen LogP contribution in [-0.2, 0) is 4.79 Å². The van der Waals surface area contributed by atoms with Crippen LogP contribution in [0.15, 0.2) is 35.9 Å². The van der Waals surface area contributed by atoms with Crippen LogP contribution in [0.3, 0.4) is 0 Å². The van der Waals surface area contributed by atoms with Crippen LogP contribution in [0.5, 0.6) is 11.5 Å². The third-order valence-corrected chi connectivity index (χ3v) is 3.59. The molecule has 0 bridgehead atoms. The summed E-state index contributed by atoms with van der Waals surface area (Å²) in [7, 11) is 2.83. The van der Waals surface area contributed by atoms with Crippen LogP contribution in [0.2, 0.25) is 5.02 Å². The number of carbonyl (C=O) groups excluding carboxylic acids is 1. The van der Waals surface area contributed by atoms with E-state index in [1.165, 1.54) is 32.4 Å². The molecule has 0 aliphatic carbocycles. The molecule has 0 heterocycles. The highest BCUT2D eigenvalue weighted by atomic mass is 35.5. The summed E-state index contributed by atoms with van der Waals surface area (Å²) >= 11 is 6.08. The predicted octanol–water partition coefficient (Wildman–Crippen LogP) is 4.18. The SMILES string of the molecule is COc1cc(/C=C(\C#N)C(=O)Nc2ccc(F)cc2F)cc(Cl)c1OC. The fourth-order valence-electron chi connectivity index (χ4n) is 2.12. The van der Waals surface area contributed by atoms with Crippen LogP contribution >= 0.6 is 11.6 Å². The van der Waals surface area contributed by atoms with Gasteiger partial charge in [0.2, 0.25) is 0 Å². The van der Waals surface area contributed by atoms with Gasteiger partial charge in [0, 0.05) is 6.07 Å². The Morgan fingerprint density at radius 3 is 2.54 bits per heavy atom. The third kappa shape index (κ3) is 4.29. The molecule has 2 rings (SSSR count). The summed E-state index contributed by atoms with van der Waals surface area (Å²) in [5.74, 6) is -1.97. The number of rotatable bonds is 5. The second-order valence-electron chi connectivity index (χ2n) is 4.99. The Morgan fingerprint density at radius 2 is 1.96 bits per heavy atom. The molecule has 0 atom stereocenters. The van der Waals surface area contributed by atoms with E-state index in [0.717, 1.165) is 12.1 Å². The minimum Gasteiger partial charge on any atom is -0.493 e. The summed E-state index contributed by atoms with van der Waals surface area (Å²) < 4.78 is 36.8. The molecule has 0 aromatic heterocycles. The van der Waals surface area contributed by atoms with E-state index in [1.54, 1.807) is 6.07 Å². The summed E-state index contributed by atoms with van der Waals surface area (Å²) in [6.07, 6.45) is 1.25. The van der Waals surface area contributed by atoms with Gasteiger partial charge in [0.1, 0.15) is 23.3 Å². The molecule has 134 valence electrons. The molecule has 0 aliphatic rings. The van der Waals surface area contributed by atoms with Crippen molar-refractivity contribution >= 4 is 29.3 Å². The molecule has 1 amide bonds. The first kappa shape index (κ1) is 19.2. The normalized spacial score (nSPS) is 10.8. The van der Waals surface area contributed by atoms with Crippen LogP contribution in [0, 0.1) is 23.0 Å². The second kappa shape index (κ2) is 8.32. The van der Waals surface area contributed by atoms with Crippen LogP contribution in [-0.4, -0.2) is 20.1 Å². The van der Waals surface area contributed by atoms with Gasteiger partial charge >= 0.3 is 0 Å². The molecule has 1 N–H and O–H groups in total. The molecule has 2 aromatic rings. The Hall–Kier alpha value is -3.11. The zero-order valence-electron chi connectivity index (χ0n) is 13.8. The van der Waals surface area contributed by atoms with E-state index in [9.17, 15) is 18.8 Å². The van der Waals surface area contributed by atoms with E-state index in [0.29, 0.717) is 23.1 Å². The Morgan fingerprint density at radius 1 is 1.23 bits per heavy atom. The fraction of sp³-hybridized carbons (Fsp3) is 0.111. The molecule has 5 nitrogen and oxygen atoms in total. The molecule has 0 saturated heterocycles. The Bertz CT molecular complexity index is 923. The van der Waals surface area contributed by atoms with Crippen LogP contribution in [0.1, 0.15) is 5.56 Å². The van der Waals surface area contributed by atoms with Crippen molar-refractivity contribution in [2.45, 2.75) is 0 Å². The number of nitrogens with one attached hydrogen (secondary N) is 1. The van der Waals surface area contributed by atoms with E-state index in [4.69, 9.17) is 21.1 Å². The molecule has 0 spiro atoms. The van der Waals surface area contributed by atoms with E-state index >= 15 is 0 Å². The molecular formula is C18H13ClF2N2O3. The van der Waals surface area contributed by atoms with Crippen molar-refractivity contribution in [3.8, 4) is 17.6 Å². The topological polar surface area (TPSA) is 71.3 Å². The third-order valence-electron chi connectivity index (χ3n) is 3.31. The number of nitriles is 1. The number of anilines is 1. The minimum absolute atomic E-state index is 0.223. The highest BCUT2D eigenvalue weighted by Crippen LogP contribution is 2.36. The Labute approximate surface area is 153 Å². The molecule has 8 heteroatoms. The Kier molecular flexibility index (Phi) is 6.15. The molecule has 26 heavy (non-hydrogen) atoms. The van der Waals surface area contributed by atoms with Crippen LogP contribution in [0.25, 0.3) is 6.08 Å². The smallest absolute Gasteiger partial charge is 0.266 e. The lowest BCUT2D eigenvalue weighted by Crippen LogP contribution is -2.14. The van der Waals surface area contributed by atoms with Gasteiger partial charge in [0.15, 0.2) is 11.5 Å². The van der Waals surface area contributed by atoms with E-state index in [1.807, 2.05) is 0 Å². The maximum atomic E-state index is 13.6. The molecule has 0 radical (unpaired) electrons. The first-order valence-corrected chi connectivity index (χ1v) is 7.57. The number of carbonyl (C=O) groups is 1. The zero-order chi connectivity index (χ0) is 19.3. The van der Waals surface area contributed by atoms with Gasteiger partial charge in [0.05, 0.1) is 24.9 Å². The molecule has 0 aliphatic heterocycles. The molecule has 2 aromatic carbocycles. The lowest BCUT2D eigenvalue weighted by atomic mass is 10.1. The lowest BCUT2D eigenvalue weighted by molar-refractivity contribution is -0.112. The minimum atomic E-state index is -0.954. The van der Waals surface area contributed by atoms with Gasteiger partial charge in [-0.15, -0.1) is 0 Å². The van der Waals surface area contributed by atoms with Gasteiger partial charge in [-0.05, 0) is 35.9 Å². The average molecular weight is 379 g/mol. The van der Waals surface area contributed by atoms with Crippen molar-refractivity contribution < 1.29 is 23.0 Å². The van der Waals surface area contributed by atoms with E-state index < -0.39 is 17.5 Å². The van der Waals surface area contributed by atoms with Gasteiger partial charge in [-0.25, -0.2) is 8.78 Å². The maximum absolute atomic E-state index is 13.6. The van der Waals surface area contributed by atoms with Gasteiger partial charge in [-0.3, -0.25) is 4.79 Å². The van der Waals surface area contributed by atoms with E-state index in [-0.39, 0.29) is 16.3 Å². The van der Waals surface area contributed by atoms with E-state index in [2.05, 4.69) is 5.32 Å². The number of methoxy groups -OCH3 is 2. The maximum Gasteiger partial charge on any atom is 0.266 e. The summed E-state index contributed by atoms with van der Waals surface area (Å²) in [5.41, 5.74) is -0.154. The van der Waals surface area contributed by atoms with Gasteiger partial charge in [0.25, 0.3) is 5.91 Å². The average Bonchev–Trinajstić information content (AvgIpc) is 2.61. The number of benzene rings is 2.